The minimum absolute atomic E-state index is 0.184. The molecule has 0 radical (unpaired) electrons. The van der Waals surface area contributed by atoms with Crippen LogP contribution in [0.25, 0.3) is 43.6 Å². The van der Waals surface area contributed by atoms with Gasteiger partial charge in [0.05, 0.1) is 99.5 Å². The highest BCUT2D eigenvalue weighted by Gasteiger charge is 2.30. The molecule has 6 aromatic carbocycles. The minimum Gasteiger partial charge on any atom is -0.494 e. The Kier molecular flexibility index (Phi) is 26.8. The monoisotopic (exact) mass is 1300 g/mol. The maximum atomic E-state index is 13.4. The van der Waals surface area contributed by atoms with E-state index in [1.807, 2.05) is 54.6 Å². The van der Waals surface area contributed by atoms with Crippen molar-refractivity contribution < 1.29 is 71.3 Å². The van der Waals surface area contributed by atoms with Gasteiger partial charge in [-0.3, -0.25) is 9.59 Å². The molecular weight excluding hydrogens is 1200 g/mol. The van der Waals surface area contributed by atoms with Crippen molar-refractivity contribution >= 4 is 67.5 Å². The Hall–Kier alpha value is -8.28. The van der Waals surface area contributed by atoms with Crippen LogP contribution in [0.1, 0.15) is 142 Å². The lowest BCUT2D eigenvalue weighted by molar-refractivity contribution is -0.141. The number of benzene rings is 6. The van der Waals surface area contributed by atoms with Crippen LogP contribution in [0.2, 0.25) is 0 Å². The van der Waals surface area contributed by atoms with Gasteiger partial charge in [0.1, 0.15) is 40.2 Å². The Morgan fingerprint density at radius 2 is 0.800 bits per heavy atom. The first kappa shape index (κ1) is 69.5. The lowest BCUT2D eigenvalue weighted by Gasteiger charge is -2.28. The van der Waals surface area contributed by atoms with Crippen LogP contribution in [0.4, 0.5) is 0 Å². The number of carbonyl (C=O) groups is 4. The van der Waals surface area contributed by atoms with Crippen molar-refractivity contribution in [3.63, 3.8) is 0 Å². The number of nitrogens with zero attached hydrogens (tertiary/aromatic N) is 2. The number of ether oxygens (including phenoxy) is 11. The molecule has 7 aromatic rings. The van der Waals surface area contributed by atoms with E-state index in [9.17, 15) is 19.2 Å². The summed E-state index contributed by atoms with van der Waals surface area (Å²) in [6.45, 7) is 14.6. The average Bonchev–Trinajstić information content (AvgIpc) is 0.734. The summed E-state index contributed by atoms with van der Waals surface area (Å²) in [6, 6.07) is 32.9. The Balaban J connectivity index is 0.737. The number of carbonyl (C=O) groups excluding carboxylic acids is 4. The SMILES string of the molecule is C=CC(=O)OCCCCCCOc1ccc(OC(=O)C2CCC(COc3ccc4c5ccc(OCC6CCC(C(=O)Oc7ccc(OCCCCCCOC(=O)C=C)cc7)CC6)cc5c5nc6cc(OCC7CCC(OCCOCCC)CC7)ccc6nc5c4c3)CC2)cc1. The molecule has 17 heteroatoms. The van der Waals surface area contributed by atoms with E-state index < -0.39 is 11.9 Å². The average molecular weight is 1300 g/mol. The fourth-order valence-electron chi connectivity index (χ4n) is 12.9. The van der Waals surface area contributed by atoms with Gasteiger partial charge in [-0.25, -0.2) is 19.6 Å². The highest BCUT2D eigenvalue weighted by atomic mass is 16.6. The third kappa shape index (κ3) is 21.1. The van der Waals surface area contributed by atoms with E-state index in [0.29, 0.717) is 76.9 Å². The van der Waals surface area contributed by atoms with Crippen molar-refractivity contribution in [3.05, 3.63) is 128 Å². The number of hydrogen-bond donors (Lipinski definition) is 0. The molecule has 1 aromatic heterocycles. The van der Waals surface area contributed by atoms with Crippen LogP contribution in [-0.2, 0) is 38.1 Å². The third-order valence-corrected chi connectivity index (χ3v) is 18.5. The first-order valence-electron chi connectivity index (χ1n) is 34.7. The molecule has 0 unspecified atom stereocenters. The van der Waals surface area contributed by atoms with E-state index in [1.165, 1.54) is 12.2 Å². The first-order chi connectivity index (χ1) is 46.6. The normalized spacial score (nSPS) is 18.8. The summed E-state index contributed by atoms with van der Waals surface area (Å²) < 4.78 is 65.0. The molecule has 0 N–H and O–H groups in total. The van der Waals surface area contributed by atoms with Crippen LogP contribution in [0, 0.1) is 29.6 Å². The maximum absolute atomic E-state index is 13.4. The lowest BCUT2D eigenvalue weighted by atomic mass is 9.82. The molecule has 0 aliphatic heterocycles. The van der Waals surface area contributed by atoms with Gasteiger partial charge in [-0.15, -0.1) is 0 Å². The predicted octanol–water partition coefficient (Wildman–Crippen LogP) is 16.4. The highest BCUT2D eigenvalue weighted by Crippen LogP contribution is 2.40. The summed E-state index contributed by atoms with van der Waals surface area (Å²) in [4.78, 5) is 59.9. The largest absolute Gasteiger partial charge is 0.494 e. The second kappa shape index (κ2) is 36.6. The Labute approximate surface area is 558 Å². The molecular formula is C78H94N2O15. The maximum Gasteiger partial charge on any atom is 0.330 e. The van der Waals surface area contributed by atoms with Crippen LogP contribution < -0.4 is 33.2 Å². The van der Waals surface area contributed by atoms with Gasteiger partial charge < -0.3 is 52.1 Å². The predicted molar refractivity (Wildman–Crippen MR) is 367 cm³/mol. The van der Waals surface area contributed by atoms with Crippen LogP contribution in [0.15, 0.2) is 128 Å². The molecule has 0 atom stereocenters. The molecule has 0 bridgehead atoms. The van der Waals surface area contributed by atoms with Gasteiger partial charge in [0.2, 0.25) is 0 Å². The molecule has 1 heterocycles. The van der Waals surface area contributed by atoms with Gasteiger partial charge in [0.15, 0.2) is 0 Å². The van der Waals surface area contributed by atoms with Crippen LogP contribution in [0.5, 0.6) is 40.2 Å². The first-order valence-corrected chi connectivity index (χ1v) is 34.7. The summed E-state index contributed by atoms with van der Waals surface area (Å²) in [7, 11) is 0. The summed E-state index contributed by atoms with van der Waals surface area (Å²) in [5, 5.41) is 3.92. The summed E-state index contributed by atoms with van der Waals surface area (Å²) in [6.07, 6.45) is 21.2. The number of aromatic nitrogens is 2. The van der Waals surface area contributed by atoms with Crippen molar-refractivity contribution in [2.45, 2.75) is 148 Å². The van der Waals surface area contributed by atoms with Crippen LogP contribution in [0.3, 0.4) is 0 Å². The molecule has 3 fully saturated rings. The van der Waals surface area contributed by atoms with Crippen LogP contribution >= 0.6 is 0 Å². The summed E-state index contributed by atoms with van der Waals surface area (Å²) in [5.41, 5.74) is 3.03. The zero-order valence-electron chi connectivity index (χ0n) is 55.3. The fraction of sp³-hybridized carbons (Fsp3) is 0.487. The van der Waals surface area contributed by atoms with Gasteiger partial charge in [-0.1, -0.05) is 20.1 Å². The number of rotatable bonds is 37. The second-order valence-corrected chi connectivity index (χ2v) is 25.5. The van der Waals surface area contributed by atoms with E-state index in [2.05, 4.69) is 44.3 Å². The molecule has 3 saturated carbocycles. The summed E-state index contributed by atoms with van der Waals surface area (Å²) >= 11 is 0. The third-order valence-electron chi connectivity index (χ3n) is 18.5. The molecule has 95 heavy (non-hydrogen) atoms. The number of esters is 4. The molecule has 0 spiro atoms. The quantitative estimate of drug-likeness (QED) is 0.00889. The smallest absolute Gasteiger partial charge is 0.330 e. The van der Waals surface area contributed by atoms with E-state index in [0.717, 1.165) is 214 Å². The fourth-order valence-corrected chi connectivity index (χ4v) is 12.9. The summed E-state index contributed by atoms with van der Waals surface area (Å²) in [5.74, 6) is 4.11. The van der Waals surface area contributed by atoms with Gasteiger partial charge in [0, 0.05) is 35.6 Å². The molecule has 0 amide bonds. The van der Waals surface area contributed by atoms with Gasteiger partial charge in [-0.05, 0) is 260 Å². The molecule has 3 aliphatic carbocycles. The Bertz CT molecular complexity index is 3620. The van der Waals surface area contributed by atoms with E-state index in [4.69, 9.17) is 62.1 Å². The molecule has 17 nitrogen and oxygen atoms in total. The highest BCUT2D eigenvalue weighted by molar-refractivity contribution is 6.24. The second-order valence-electron chi connectivity index (χ2n) is 25.5. The molecule has 10 rings (SSSR count). The lowest BCUT2D eigenvalue weighted by Crippen LogP contribution is -2.27. The number of hydrogen-bond acceptors (Lipinski definition) is 17. The molecule has 3 aliphatic rings. The zero-order valence-corrected chi connectivity index (χ0v) is 55.3. The topological polar surface area (TPSA) is 196 Å². The van der Waals surface area contributed by atoms with Gasteiger partial charge in [0.25, 0.3) is 0 Å². The minimum atomic E-state index is -0.394. The Morgan fingerprint density at radius 3 is 1.25 bits per heavy atom. The van der Waals surface area contributed by atoms with Crippen molar-refractivity contribution in [1.29, 1.82) is 0 Å². The van der Waals surface area contributed by atoms with Crippen molar-refractivity contribution in [2.24, 2.45) is 29.6 Å². The van der Waals surface area contributed by atoms with Gasteiger partial charge in [-0.2, -0.15) is 0 Å². The van der Waals surface area contributed by atoms with Crippen molar-refractivity contribution in [2.75, 3.05) is 66.1 Å². The standard InChI is InChI=1S/C78H94N2O15/c1-4-41-85-46-47-88-59-25-19-56(20-26-59)53-93-66-37-40-71-72(50-66)80-76-70-49-65(92-52-55-17-23-58(24-18-55)78(84)95-63-33-29-61(30-34-63)87-43-12-8-10-14-45-90-74(82)6-3)36-39-68(70)67-38-35-64(48-69(67)75(76)79-71)91-51-54-15-21-57(22-16-54)77(83)94-62-31-27-60(28-32-62)86-42-11-7-9-13-44-89-73(81)5-2/h5-6,27-40,48-50,54-59H,2-4,7-26,41-47,51-53H2,1H3. The Morgan fingerprint density at radius 1 is 0.400 bits per heavy atom. The van der Waals surface area contributed by atoms with E-state index in [-0.39, 0.29) is 41.7 Å². The number of fused-ring (bicyclic) bond motifs is 7. The number of unbranched alkanes of at least 4 members (excludes halogenated alkanes) is 6. The van der Waals surface area contributed by atoms with Gasteiger partial charge >= 0.3 is 23.9 Å². The van der Waals surface area contributed by atoms with Crippen molar-refractivity contribution in [3.8, 4) is 40.2 Å². The molecule has 0 saturated heterocycles. The zero-order chi connectivity index (χ0) is 66.0. The molecule has 506 valence electrons. The van der Waals surface area contributed by atoms with Crippen molar-refractivity contribution in [1.82, 2.24) is 9.97 Å². The van der Waals surface area contributed by atoms with E-state index >= 15 is 0 Å². The van der Waals surface area contributed by atoms with E-state index in [1.54, 1.807) is 24.3 Å². The van der Waals surface area contributed by atoms with Crippen LogP contribution in [-0.4, -0.2) is 106 Å².